The summed E-state index contributed by atoms with van der Waals surface area (Å²) in [5, 5.41) is 9.54. The third-order valence-electron chi connectivity index (χ3n) is 14.5. The highest BCUT2D eigenvalue weighted by molar-refractivity contribution is 6.19. The first-order chi connectivity index (χ1) is 31.2. The van der Waals surface area contributed by atoms with Gasteiger partial charge in [0.15, 0.2) is 0 Å². The van der Waals surface area contributed by atoms with Crippen LogP contribution in [0.25, 0.3) is 110 Å². The van der Waals surface area contributed by atoms with Crippen molar-refractivity contribution in [3.63, 3.8) is 0 Å². The Morgan fingerprint density at radius 2 is 0.905 bits per heavy atom. The molecule has 15 rings (SSSR count). The zero-order valence-electron chi connectivity index (χ0n) is 33.9. The maximum atomic E-state index is 6.85. The Morgan fingerprint density at radius 1 is 0.302 bits per heavy atom. The van der Waals surface area contributed by atoms with E-state index in [1.54, 1.807) is 0 Å². The highest BCUT2D eigenvalue weighted by atomic mass is 16.5. The van der Waals surface area contributed by atoms with E-state index >= 15 is 0 Å². The quantitative estimate of drug-likeness (QED) is 0.174. The minimum absolute atomic E-state index is 0.471. The van der Waals surface area contributed by atoms with Gasteiger partial charge in [0, 0.05) is 21.7 Å². The molecule has 0 saturated carbocycles. The van der Waals surface area contributed by atoms with Gasteiger partial charge in [0.05, 0.1) is 5.41 Å². The number of hydrogen-bond donors (Lipinski definition) is 0. The smallest absolute Gasteiger partial charge is 0.136 e. The molecule has 1 spiro atoms. The molecule has 2 heterocycles. The summed E-state index contributed by atoms with van der Waals surface area (Å²) in [6.07, 6.45) is 0. The van der Waals surface area contributed by atoms with Crippen LogP contribution in [-0.4, -0.2) is 0 Å². The second-order valence-electron chi connectivity index (χ2n) is 17.4. The first-order valence-corrected chi connectivity index (χ1v) is 21.8. The molecule has 0 bridgehead atoms. The van der Waals surface area contributed by atoms with Gasteiger partial charge in [-0.2, -0.15) is 0 Å². The van der Waals surface area contributed by atoms with Crippen molar-refractivity contribution in [3.8, 4) is 67.1 Å². The molecule has 12 aromatic rings. The lowest BCUT2D eigenvalue weighted by molar-refractivity contribution is 0.487. The molecular weight excluding hydrogens is 765 g/mol. The minimum atomic E-state index is -0.471. The van der Waals surface area contributed by atoms with Crippen molar-refractivity contribution in [3.05, 3.63) is 229 Å². The summed E-state index contributed by atoms with van der Waals surface area (Å²) in [6, 6.07) is 76.1. The Morgan fingerprint density at radius 3 is 1.78 bits per heavy atom. The summed E-state index contributed by atoms with van der Waals surface area (Å²) in [7, 11) is 0. The van der Waals surface area contributed by atoms with Gasteiger partial charge in [-0.15, -0.1) is 0 Å². The number of benzene rings is 11. The van der Waals surface area contributed by atoms with Gasteiger partial charge in [-0.3, -0.25) is 0 Å². The molecule has 0 fully saturated rings. The summed E-state index contributed by atoms with van der Waals surface area (Å²) in [6.45, 7) is 0. The molecule has 290 valence electrons. The van der Waals surface area contributed by atoms with Crippen LogP contribution in [0.3, 0.4) is 0 Å². The van der Waals surface area contributed by atoms with Crippen molar-refractivity contribution in [1.82, 2.24) is 0 Å². The van der Waals surface area contributed by atoms with Gasteiger partial charge in [0.25, 0.3) is 0 Å². The van der Waals surface area contributed by atoms with Gasteiger partial charge in [-0.25, -0.2) is 0 Å². The van der Waals surface area contributed by atoms with Crippen LogP contribution in [0, 0.1) is 0 Å². The van der Waals surface area contributed by atoms with Crippen LogP contribution in [0.5, 0.6) is 11.5 Å². The highest BCUT2D eigenvalue weighted by Crippen LogP contribution is 2.63. The normalized spacial score (nSPS) is 15.2. The van der Waals surface area contributed by atoms with Crippen LogP contribution in [-0.2, 0) is 5.41 Å². The number of furan rings is 1. The zero-order chi connectivity index (χ0) is 41.0. The number of fused-ring (bicyclic) bond motifs is 15. The van der Waals surface area contributed by atoms with Crippen molar-refractivity contribution >= 4 is 54.3 Å². The monoisotopic (exact) mass is 798 g/mol. The summed E-state index contributed by atoms with van der Waals surface area (Å²) in [4.78, 5) is 0. The fourth-order valence-corrected chi connectivity index (χ4v) is 12.0. The van der Waals surface area contributed by atoms with E-state index in [2.05, 4.69) is 206 Å². The predicted octanol–water partition coefficient (Wildman–Crippen LogP) is 16.5. The first-order valence-electron chi connectivity index (χ1n) is 21.8. The molecule has 3 aliphatic rings. The molecule has 0 radical (unpaired) electrons. The number of hydrogen-bond acceptors (Lipinski definition) is 2. The molecule has 2 heteroatoms. The summed E-state index contributed by atoms with van der Waals surface area (Å²) < 4.78 is 13.4. The van der Waals surface area contributed by atoms with Gasteiger partial charge in [-0.1, -0.05) is 170 Å². The van der Waals surface area contributed by atoms with E-state index in [0.29, 0.717) is 0 Å². The van der Waals surface area contributed by atoms with Crippen molar-refractivity contribution in [2.45, 2.75) is 5.41 Å². The van der Waals surface area contributed by atoms with Crippen LogP contribution in [0.1, 0.15) is 22.3 Å². The molecule has 1 unspecified atom stereocenters. The average Bonchev–Trinajstić information content (AvgIpc) is 3.86. The summed E-state index contributed by atoms with van der Waals surface area (Å²) >= 11 is 0. The maximum absolute atomic E-state index is 6.85. The second-order valence-corrected chi connectivity index (χ2v) is 17.4. The van der Waals surface area contributed by atoms with E-state index in [0.717, 1.165) is 60.9 Å². The average molecular weight is 799 g/mol. The fourth-order valence-electron chi connectivity index (χ4n) is 12.0. The first kappa shape index (κ1) is 33.5. The van der Waals surface area contributed by atoms with Crippen LogP contribution in [0.2, 0.25) is 0 Å². The van der Waals surface area contributed by atoms with E-state index in [4.69, 9.17) is 9.15 Å². The maximum Gasteiger partial charge on any atom is 0.136 e. The van der Waals surface area contributed by atoms with Crippen LogP contribution in [0.15, 0.2) is 211 Å². The lowest BCUT2D eigenvalue weighted by Crippen LogP contribution is -2.31. The van der Waals surface area contributed by atoms with E-state index < -0.39 is 5.41 Å². The number of ether oxygens (including phenoxy) is 1. The van der Waals surface area contributed by atoms with Gasteiger partial charge < -0.3 is 9.15 Å². The van der Waals surface area contributed by atoms with Gasteiger partial charge in [0.2, 0.25) is 0 Å². The molecular formula is C61H34O2. The zero-order valence-corrected chi connectivity index (χ0v) is 33.9. The standard InChI is InChI=1S/C61H34O2/c1-2-13-37-34-56-48(32-36(37)12-1)60-43(22-11-27-54(60)63-56)40-29-31-55-59-42(40)20-9-21-45(59)47-33-38(28-30-53(47)62-55)39-18-10-26-52-58(39)46-17-4-6-24-50(46)61(52)49-23-5-3-16-41(49)44-19-7-14-35-15-8-25-51(61)57(35)44/h1-34H. The molecule has 1 aromatic heterocycles. The second kappa shape index (κ2) is 12.0. The molecule has 2 aliphatic carbocycles. The summed E-state index contributed by atoms with van der Waals surface area (Å²) in [5.74, 6) is 1.75. The Bertz CT molecular complexity index is 4010. The highest BCUT2D eigenvalue weighted by Gasteiger charge is 2.50. The largest absolute Gasteiger partial charge is 0.456 e. The molecule has 0 amide bonds. The lowest BCUT2D eigenvalue weighted by atomic mass is 9.61. The molecule has 1 atom stereocenters. The van der Waals surface area contributed by atoms with E-state index in [1.807, 2.05) is 0 Å². The topological polar surface area (TPSA) is 22.4 Å². The van der Waals surface area contributed by atoms with Crippen LogP contribution >= 0.6 is 0 Å². The van der Waals surface area contributed by atoms with Gasteiger partial charge in [0.1, 0.15) is 22.7 Å². The van der Waals surface area contributed by atoms with E-state index in [1.165, 1.54) is 82.7 Å². The summed E-state index contributed by atoms with van der Waals surface area (Å²) in [5.41, 5.74) is 18.8. The van der Waals surface area contributed by atoms with Crippen molar-refractivity contribution in [2.75, 3.05) is 0 Å². The third-order valence-corrected chi connectivity index (χ3v) is 14.5. The van der Waals surface area contributed by atoms with Crippen LogP contribution < -0.4 is 4.74 Å². The lowest BCUT2D eigenvalue weighted by Gasteiger charge is -2.40. The van der Waals surface area contributed by atoms with Gasteiger partial charge in [-0.05, 0) is 136 Å². The SMILES string of the molecule is c1ccc2c(c1)-c1c(-c3ccc4c(c3)-c3cccc5c(-c6cccc7oc8cc9ccccc9cc8c67)ccc(c35)O4)cccc1C21c2ccccc2-c2cccc3cccc1c23. The van der Waals surface area contributed by atoms with Gasteiger partial charge >= 0.3 is 0 Å². The van der Waals surface area contributed by atoms with E-state index in [-0.39, 0.29) is 0 Å². The molecule has 63 heavy (non-hydrogen) atoms. The minimum Gasteiger partial charge on any atom is -0.456 e. The molecule has 1 aliphatic heterocycles. The molecule has 0 N–H and O–H groups in total. The molecule has 11 aromatic carbocycles. The Balaban J connectivity index is 0.942. The molecule has 2 nitrogen and oxygen atoms in total. The fraction of sp³-hybridized carbons (Fsp3) is 0.0164. The Kier molecular flexibility index (Phi) is 6.38. The number of rotatable bonds is 2. The van der Waals surface area contributed by atoms with Crippen molar-refractivity contribution in [2.24, 2.45) is 0 Å². The Hall–Kier alpha value is -8.20. The van der Waals surface area contributed by atoms with E-state index in [9.17, 15) is 0 Å². The van der Waals surface area contributed by atoms with Crippen molar-refractivity contribution < 1.29 is 9.15 Å². The Labute approximate surface area is 362 Å². The predicted molar refractivity (Wildman–Crippen MR) is 259 cm³/mol. The van der Waals surface area contributed by atoms with Crippen molar-refractivity contribution in [1.29, 1.82) is 0 Å². The third kappa shape index (κ3) is 4.23. The molecule has 0 saturated heterocycles. The van der Waals surface area contributed by atoms with Crippen LogP contribution in [0.4, 0.5) is 0 Å².